The van der Waals surface area contributed by atoms with Crippen molar-refractivity contribution in [3.8, 4) is 0 Å². The summed E-state index contributed by atoms with van der Waals surface area (Å²) in [7, 11) is 3.84. The second-order valence-electron chi connectivity index (χ2n) is 6.12. The molecule has 0 spiro atoms. The molecule has 0 fully saturated rings. The van der Waals surface area contributed by atoms with E-state index in [9.17, 15) is 9.59 Å². The van der Waals surface area contributed by atoms with E-state index in [2.05, 4.69) is 5.32 Å². The maximum atomic E-state index is 12.2. The highest BCUT2D eigenvalue weighted by Crippen LogP contribution is 2.18. The molecular formula is C16H25N3O2. The Bertz CT molecular complexity index is 518. The minimum Gasteiger partial charge on any atom is -0.378 e. The lowest BCUT2D eigenvalue weighted by molar-refractivity contribution is -0.146. The van der Waals surface area contributed by atoms with Crippen LogP contribution in [0.1, 0.15) is 27.7 Å². The zero-order valence-electron chi connectivity index (χ0n) is 13.7. The van der Waals surface area contributed by atoms with Crippen molar-refractivity contribution >= 4 is 23.2 Å². The van der Waals surface area contributed by atoms with Gasteiger partial charge in [0.1, 0.15) is 0 Å². The monoisotopic (exact) mass is 291 g/mol. The fourth-order valence-corrected chi connectivity index (χ4v) is 2.09. The molecule has 21 heavy (non-hydrogen) atoms. The average Bonchev–Trinajstić information content (AvgIpc) is 2.37. The number of nitrogens with zero attached hydrogens (tertiary/aromatic N) is 2. The first-order valence-corrected chi connectivity index (χ1v) is 7.07. The molecule has 116 valence electrons. The first-order valence-electron chi connectivity index (χ1n) is 7.07. The SMILES string of the molecule is CCN(C(=O)C(=O)Nc1cccc(N(C)C)c1)C(C)(C)C. The fraction of sp³-hybridized carbons (Fsp3) is 0.500. The summed E-state index contributed by atoms with van der Waals surface area (Å²) < 4.78 is 0. The summed E-state index contributed by atoms with van der Waals surface area (Å²) in [6.45, 7) is 8.09. The minimum atomic E-state index is -0.609. The Balaban J connectivity index is 2.86. The largest absolute Gasteiger partial charge is 0.378 e. The van der Waals surface area contributed by atoms with E-state index in [-0.39, 0.29) is 5.54 Å². The highest BCUT2D eigenvalue weighted by Gasteiger charge is 2.29. The van der Waals surface area contributed by atoms with Gasteiger partial charge in [0, 0.05) is 37.6 Å². The van der Waals surface area contributed by atoms with E-state index in [4.69, 9.17) is 0 Å². The number of rotatable bonds is 3. The number of hydrogen-bond acceptors (Lipinski definition) is 3. The molecule has 0 bridgehead atoms. The van der Waals surface area contributed by atoms with E-state index in [1.165, 1.54) is 0 Å². The fourth-order valence-electron chi connectivity index (χ4n) is 2.09. The summed E-state index contributed by atoms with van der Waals surface area (Å²) in [5, 5.41) is 2.67. The number of nitrogens with one attached hydrogen (secondary N) is 1. The van der Waals surface area contributed by atoms with E-state index in [0.717, 1.165) is 5.69 Å². The van der Waals surface area contributed by atoms with Gasteiger partial charge in [-0.2, -0.15) is 0 Å². The van der Waals surface area contributed by atoms with Crippen LogP contribution in [0.25, 0.3) is 0 Å². The van der Waals surface area contributed by atoms with E-state index in [0.29, 0.717) is 12.2 Å². The van der Waals surface area contributed by atoms with Gasteiger partial charge in [0.15, 0.2) is 0 Å². The molecule has 1 aromatic carbocycles. The molecule has 0 aliphatic carbocycles. The van der Waals surface area contributed by atoms with Gasteiger partial charge in [0.2, 0.25) is 0 Å². The predicted octanol–water partition coefficient (Wildman–Crippen LogP) is 2.34. The quantitative estimate of drug-likeness (QED) is 0.870. The standard InChI is InChI=1S/C16H25N3O2/c1-7-19(16(2,3)4)15(21)14(20)17-12-9-8-10-13(11-12)18(5)6/h8-11H,7H2,1-6H3,(H,17,20). The number of carbonyl (C=O) groups is 2. The average molecular weight is 291 g/mol. The Labute approximate surface area is 126 Å². The van der Waals surface area contributed by atoms with Gasteiger partial charge in [-0.1, -0.05) is 6.07 Å². The maximum Gasteiger partial charge on any atom is 0.313 e. The second-order valence-corrected chi connectivity index (χ2v) is 6.12. The molecular weight excluding hydrogens is 266 g/mol. The summed E-state index contributed by atoms with van der Waals surface area (Å²) in [6, 6.07) is 7.38. The molecule has 0 saturated carbocycles. The summed E-state index contributed by atoms with van der Waals surface area (Å²) in [6.07, 6.45) is 0. The van der Waals surface area contributed by atoms with Crippen LogP contribution in [0, 0.1) is 0 Å². The molecule has 0 radical (unpaired) electrons. The van der Waals surface area contributed by atoms with Gasteiger partial charge in [-0.05, 0) is 45.9 Å². The van der Waals surface area contributed by atoms with Crippen molar-refractivity contribution < 1.29 is 9.59 Å². The lowest BCUT2D eigenvalue weighted by atomic mass is 10.1. The van der Waals surface area contributed by atoms with Crippen LogP contribution in [0.2, 0.25) is 0 Å². The molecule has 5 heteroatoms. The molecule has 0 saturated heterocycles. The third kappa shape index (κ3) is 4.48. The van der Waals surface area contributed by atoms with Crippen molar-refractivity contribution in [1.29, 1.82) is 0 Å². The van der Waals surface area contributed by atoms with E-state index >= 15 is 0 Å². The van der Waals surface area contributed by atoms with Crippen LogP contribution in [0.3, 0.4) is 0 Å². The molecule has 0 unspecified atom stereocenters. The van der Waals surface area contributed by atoms with Crippen molar-refractivity contribution in [2.24, 2.45) is 0 Å². The zero-order chi connectivity index (χ0) is 16.2. The van der Waals surface area contributed by atoms with Crippen LogP contribution in [0.4, 0.5) is 11.4 Å². The van der Waals surface area contributed by atoms with Crippen molar-refractivity contribution in [1.82, 2.24) is 4.90 Å². The normalized spacial score (nSPS) is 11.0. The molecule has 0 heterocycles. The topological polar surface area (TPSA) is 52.7 Å². The number of benzene rings is 1. The Morgan fingerprint density at radius 1 is 1.19 bits per heavy atom. The Kier molecular flexibility index (Phi) is 5.35. The molecule has 0 atom stereocenters. The van der Waals surface area contributed by atoms with Crippen LogP contribution >= 0.6 is 0 Å². The molecule has 1 N–H and O–H groups in total. The molecule has 1 aromatic rings. The molecule has 1 rings (SSSR count). The van der Waals surface area contributed by atoms with Crippen LogP contribution in [0.5, 0.6) is 0 Å². The Morgan fingerprint density at radius 2 is 1.81 bits per heavy atom. The van der Waals surface area contributed by atoms with E-state index in [1.807, 2.05) is 64.9 Å². The van der Waals surface area contributed by atoms with E-state index in [1.54, 1.807) is 11.0 Å². The third-order valence-corrected chi connectivity index (χ3v) is 3.19. The first-order chi connectivity index (χ1) is 9.66. The number of likely N-dealkylation sites (N-methyl/N-ethyl adjacent to an activating group) is 1. The molecule has 5 nitrogen and oxygen atoms in total. The molecule has 2 amide bonds. The summed E-state index contributed by atoms with van der Waals surface area (Å²) in [4.78, 5) is 27.9. The van der Waals surface area contributed by atoms with Gasteiger partial charge in [-0.25, -0.2) is 0 Å². The lowest BCUT2D eigenvalue weighted by Gasteiger charge is -2.34. The summed E-state index contributed by atoms with van der Waals surface area (Å²) >= 11 is 0. The summed E-state index contributed by atoms with van der Waals surface area (Å²) in [5.74, 6) is -1.12. The third-order valence-electron chi connectivity index (χ3n) is 3.19. The number of hydrogen-bond donors (Lipinski definition) is 1. The molecule has 0 aliphatic rings. The van der Waals surface area contributed by atoms with Gasteiger partial charge >= 0.3 is 11.8 Å². The number of carbonyl (C=O) groups excluding carboxylic acids is 2. The van der Waals surface area contributed by atoms with Gasteiger partial charge in [-0.15, -0.1) is 0 Å². The van der Waals surface area contributed by atoms with Crippen LogP contribution in [-0.4, -0.2) is 42.9 Å². The van der Waals surface area contributed by atoms with Gasteiger partial charge in [0.05, 0.1) is 0 Å². The molecule has 0 aromatic heterocycles. The zero-order valence-corrected chi connectivity index (χ0v) is 13.7. The smallest absolute Gasteiger partial charge is 0.313 e. The van der Waals surface area contributed by atoms with Crippen molar-refractivity contribution in [2.75, 3.05) is 30.9 Å². The van der Waals surface area contributed by atoms with Crippen LogP contribution in [-0.2, 0) is 9.59 Å². The lowest BCUT2D eigenvalue weighted by Crippen LogP contribution is -2.49. The van der Waals surface area contributed by atoms with Gasteiger partial charge in [-0.3, -0.25) is 9.59 Å². The Morgan fingerprint density at radius 3 is 2.29 bits per heavy atom. The van der Waals surface area contributed by atoms with Crippen LogP contribution in [0.15, 0.2) is 24.3 Å². The maximum absolute atomic E-state index is 12.2. The van der Waals surface area contributed by atoms with Crippen molar-refractivity contribution in [2.45, 2.75) is 33.2 Å². The summed E-state index contributed by atoms with van der Waals surface area (Å²) in [5.41, 5.74) is 1.20. The minimum absolute atomic E-state index is 0.380. The number of amides is 2. The van der Waals surface area contributed by atoms with Gasteiger partial charge < -0.3 is 15.1 Å². The van der Waals surface area contributed by atoms with Crippen LogP contribution < -0.4 is 10.2 Å². The molecule has 0 aliphatic heterocycles. The van der Waals surface area contributed by atoms with Crippen molar-refractivity contribution in [3.63, 3.8) is 0 Å². The highest BCUT2D eigenvalue weighted by molar-refractivity contribution is 6.39. The first kappa shape index (κ1) is 17.0. The second kappa shape index (κ2) is 6.61. The predicted molar refractivity (Wildman–Crippen MR) is 86.5 cm³/mol. The Hall–Kier alpha value is -2.04. The van der Waals surface area contributed by atoms with Crippen molar-refractivity contribution in [3.05, 3.63) is 24.3 Å². The van der Waals surface area contributed by atoms with E-state index < -0.39 is 11.8 Å². The number of anilines is 2. The van der Waals surface area contributed by atoms with Gasteiger partial charge in [0.25, 0.3) is 0 Å². The highest BCUT2D eigenvalue weighted by atomic mass is 16.2.